The van der Waals surface area contributed by atoms with E-state index in [2.05, 4.69) is 0 Å². The van der Waals surface area contributed by atoms with Gasteiger partial charge in [0.2, 0.25) is 0 Å². The molecule has 0 saturated heterocycles. The first kappa shape index (κ1) is 11.1. The van der Waals surface area contributed by atoms with Gasteiger partial charge in [0.25, 0.3) is 0 Å². The Morgan fingerprint density at radius 3 is 2.00 bits per heavy atom. The molecule has 0 fully saturated rings. The molecule has 0 heterocycles. The van der Waals surface area contributed by atoms with Crippen LogP contribution in [0.15, 0.2) is 0 Å². The zero-order valence-electron chi connectivity index (χ0n) is 7.04. The minimum absolute atomic E-state index is 0.0667. The van der Waals surface area contributed by atoms with Crippen LogP contribution in [0.3, 0.4) is 0 Å². The molecular weight excluding hydrogens is 162 g/mol. The SMILES string of the molecule is CC(C)(CN)CC[Si](O)(O)O. The fourth-order valence-corrected chi connectivity index (χ4v) is 1.62. The van der Waals surface area contributed by atoms with E-state index in [1.165, 1.54) is 0 Å². The lowest BCUT2D eigenvalue weighted by Crippen LogP contribution is -2.37. The molecule has 0 saturated carbocycles. The van der Waals surface area contributed by atoms with Crippen LogP contribution >= 0.6 is 0 Å². The Hall–Kier alpha value is 0.0569. The maximum atomic E-state index is 8.69. The van der Waals surface area contributed by atoms with E-state index >= 15 is 0 Å². The van der Waals surface area contributed by atoms with Crippen molar-refractivity contribution < 1.29 is 14.4 Å². The number of nitrogens with two attached hydrogens (primary N) is 1. The van der Waals surface area contributed by atoms with Gasteiger partial charge in [-0.15, -0.1) is 0 Å². The average Bonchev–Trinajstić information content (AvgIpc) is 1.83. The molecule has 4 nitrogen and oxygen atoms in total. The van der Waals surface area contributed by atoms with E-state index < -0.39 is 8.80 Å². The van der Waals surface area contributed by atoms with Crippen molar-refractivity contribution in [3.63, 3.8) is 0 Å². The van der Waals surface area contributed by atoms with Crippen molar-refractivity contribution in [1.29, 1.82) is 0 Å². The van der Waals surface area contributed by atoms with Crippen molar-refractivity contribution in [3.8, 4) is 0 Å². The third kappa shape index (κ3) is 6.45. The van der Waals surface area contributed by atoms with Gasteiger partial charge < -0.3 is 20.1 Å². The molecular formula is C6H17NO3Si. The van der Waals surface area contributed by atoms with E-state index in [9.17, 15) is 0 Å². The summed E-state index contributed by atoms with van der Waals surface area (Å²) in [6.45, 7) is 4.33. The average molecular weight is 179 g/mol. The van der Waals surface area contributed by atoms with Crippen LogP contribution in [0, 0.1) is 5.41 Å². The summed E-state index contributed by atoms with van der Waals surface area (Å²) in [5.74, 6) is 0. The third-order valence-electron chi connectivity index (χ3n) is 1.69. The van der Waals surface area contributed by atoms with Crippen LogP contribution in [0.4, 0.5) is 0 Å². The second kappa shape index (κ2) is 3.64. The van der Waals surface area contributed by atoms with E-state index in [1.54, 1.807) is 0 Å². The predicted octanol–water partition coefficient (Wildman–Crippen LogP) is -0.723. The molecule has 0 amide bonds. The minimum atomic E-state index is -3.84. The van der Waals surface area contributed by atoms with Crippen LogP contribution in [0.1, 0.15) is 20.3 Å². The summed E-state index contributed by atoms with van der Waals surface area (Å²) in [6, 6.07) is 0.0667. The largest absolute Gasteiger partial charge is 0.492 e. The van der Waals surface area contributed by atoms with Gasteiger partial charge in [-0.2, -0.15) is 0 Å². The molecule has 0 radical (unpaired) electrons. The van der Waals surface area contributed by atoms with Crippen molar-refractivity contribution in [1.82, 2.24) is 0 Å². The number of hydrogen-bond donors (Lipinski definition) is 4. The van der Waals surface area contributed by atoms with Crippen LogP contribution in [0.2, 0.25) is 6.04 Å². The molecule has 0 aliphatic rings. The Morgan fingerprint density at radius 2 is 1.73 bits per heavy atom. The summed E-state index contributed by atoms with van der Waals surface area (Å²) in [5, 5.41) is 0. The molecule has 0 bridgehead atoms. The molecule has 0 aliphatic heterocycles. The molecule has 0 atom stereocenters. The molecule has 0 aromatic rings. The summed E-state index contributed by atoms with van der Waals surface area (Å²) in [5.41, 5.74) is 5.29. The van der Waals surface area contributed by atoms with E-state index in [0.717, 1.165) is 0 Å². The molecule has 0 aromatic heterocycles. The highest BCUT2D eigenvalue weighted by Crippen LogP contribution is 2.22. The Labute approximate surface area is 68.0 Å². The van der Waals surface area contributed by atoms with E-state index in [0.29, 0.717) is 13.0 Å². The molecule has 0 aliphatic carbocycles. The number of hydrogen-bond acceptors (Lipinski definition) is 4. The maximum absolute atomic E-state index is 8.69. The zero-order chi connectivity index (χ0) is 9.12. The lowest BCUT2D eigenvalue weighted by atomic mass is 9.91. The van der Waals surface area contributed by atoms with Crippen LogP contribution in [-0.2, 0) is 0 Å². The van der Waals surface area contributed by atoms with Crippen molar-refractivity contribution in [3.05, 3.63) is 0 Å². The van der Waals surface area contributed by atoms with Crippen LogP contribution in [0.5, 0.6) is 0 Å². The fourth-order valence-electron chi connectivity index (χ4n) is 0.608. The van der Waals surface area contributed by atoms with Crippen molar-refractivity contribution in [2.75, 3.05) is 6.54 Å². The minimum Gasteiger partial charge on any atom is -0.390 e. The Bertz CT molecular complexity index is 121. The first-order chi connectivity index (χ1) is 4.77. The maximum Gasteiger partial charge on any atom is 0.492 e. The fraction of sp³-hybridized carbons (Fsp3) is 1.00. The highest BCUT2D eigenvalue weighted by Gasteiger charge is 2.29. The van der Waals surface area contributed by atoms with Gasteiger partial charge in [-0.05, 0) is 18.4 Å². The molecule has 0 rings (SSSR count). The van der Waals surface area contributed by atoms with E-state index in [-0.39, 0.29) is 11.5 Å². The Morgan fingerprint density at radius 1 is 1.27 bits per heavy atom. The van der Waals surface area contributed by atoms with E-state index in [4.69, 9.17) is 20.1 Å². The van der Waals surface area contributed by atoms with Gasteiger partial charge in [0.15, 0.2) is 0 Å². The number of rotatable bonds is 4. The second-order valence-electron chi connectivity index (χ2n) is 3.64. The summed E-state index contributed by atoms with van der Waals surface area (Å²) < 4.78 is 0. The summed E-state index contributed by atoms with van der Waals surface area (Å²) in [4.78, 5) is 26.1. The summed E-state index contributed by atoms with van der Waals surface area (Å²) in [7, 11) is -3.84. The predicted molar refractivity (Wildman–Crippen MR) is 44.7 cm³/mol. The van der Waals surface area contributed by atoms with Gasteiger partial charge in [-0.25, -0.2) is 0 Å². The highest BCUT2D eigenvalue weighted by atomic mass is 28.4. The normalized spacial score (nSPS) is 13.6. The second-order valence-corrected chi connectivity index (χ2v) is 5.69. The smallest absolute Gasteiger partial charge is 0.390 e. The van der Waals surface area contributed by atoms with Crippen molar-refractivity contribution in [2.24, 2.45) is 11.1 Å². The first-order valence-corrected chi connectivity index (χ1v) is 5.69. The molecule has 11 heavy (non-hydrogen) atoms. The molecule has 0 aromatic carbocycles. The van der Waals surface area contributed by atoms with Gasteiger partial charge in [0.1, 0.15) is 0 Å². The molecule has 5 heteroatoms. The van der Waals surface area contributed by atoms with Gasteiger partial charge in [-0.1, -0.05) is 13.8 Å². The lowest BCUT2D eigenvalue weighted by Gasteiger charge is -2.23. The molecule has 0 spiro atoms. The zero-order valence-corrected chi connectivity index (χ0v) is 8.04. The standard InChI is InChI=1S/C6H17NO3Si/c1-6(2,5-7)3-4-11(8,9)10/h8-10H,3-5,7H2,1-2H3. The molecule has 68 valence electrons. The van der Waals surface area contributed by atoms with Crippen LogP contribution in [-0.4, -0.2) is 29.7 Å². The van der Waals surface area contributed by atoms with Gasteiger partial charge in [0, 0.05) is 6.04 Å². The highest BCUT2D eigenvalue weighted by molar-refractivity contribution is 6.56. The van der Waals surface area contributed by atoms with E-state index in [1.807, 2.05) is 13.8 Å². The van der Waals surface area contributed by atoms with Crippen LogP contribution < -0.4 is 5.73 Å². The molecule has 0 unspecified atom stereocenters. The molecule has 5 N–H and O–H groups in total. The summed E-state index contributed by atoms with van der Waals surface area (Å²) in [6.07, 6.45) is 0.541. The quantitative estimate of drug-likeness (QED) is 0.429. The summed E-state index contributed by atoms with van der Waals surface area (Å²) >= 11 is 0. The van der Waals surface area contributed by atoms with Gasteiger partial charge in [0.05, 0.1) is 0 Å². The van der Waals surface area contributed by atoms with Crippen molar-refractivity contribution in [2.45, 2.75) is 26.3 Å². The third-order valence-corrected chi connectivity index (χ3v) is 2.61. The van der Waals surface area contributed by atoms with Crippen LogP contribution in [0.25, 0.3) is 0 Å². The Balaban J connectivity index is 3.70. The van der Waals surface area contributed by atoms with Gasteiger partial charge in [-0.3, -0.25) is 0 Å². The lowest BCUT2D eigenvalue weighted by molar-refractivity contribution is 0.215. The first-order valence-electron chi connectivity index (χ1n) is 3.64. The topological polar surface area (TPSA) is 86.7 Å². The monoisotopic (exact) mass is 179 g/mol. The van der Waals surface area contributed by atoms with Crippen molar-refractivity contribution >= 4 is 8.80 Å². The van der Waals surface area contributed by atoms with Gasteiger partial charge >= 0.3 is 8.80 Å². The Kier molecular flexibility index (Phi) is 3.66.